The summed E-state index contributed by atoms with van der Waals surface area (Å²) in [6, 6.07) is 4.08. The predicted molar refractivity (Wildman–Crippen MR) is 71.8 cm³/mol. The van der Waals surface area contributed by atoms with E-state index >= 15 is 0 Å². The molecule has 1 heterocycles. The van der Waals surface area contributed by atoms with Crippen LogP contribution in [0.25, 0.3) is 10.9 Å². The summed E-state index contributed by atoms with van der Waals surface area (Å²) in [4.78, 5) is 8.49. The largest absolute Gasteiger partial charge is 0.405 e. The number of nitrogens with one attached hydrogen (secondary N) is 1. The lowest BCUT2D eigenvalue weighted by Gasteiger charge is -2.01. The zero-order chi connectivity index (χ0) is 11.5. The second kappa shape index (κ2) is 4.45. The highest BCUT2D eigenvalue weighted by Gasteiger charge is 2.06. The van der Waals surface area contributed by atoms with Gasteiger partial charge in [0.25, 0.3) is 0 Å². The average Bonchev–Trinajstić information content (AvgIpc) is 2.64. The molecule has 1 aromatic carbocycles. The van der Waals surface area contributed by atoms with Crippen molar-refractivity contribution in [2.24, 2.45) is 10.7 Å². The Labute approximate surface area is 99.5 Å². The van der Waals surface area contributed by atoms with Gasteiger partial charge in [-0.3, -0.25) is 4.99 Å². The summed E-state index contributed by atoms with van der Waals surface area (Å²) in [5.41, 5.74) is 8.30. The summed E-state index contributed by atoms with van der Waals surface area (Å²) in [5.74, 6) is 0. The van der Waals surface area contributed by atoms with Crippen LogP contribution in [0.15, 0.2) is 40.5 Å². The van der Waals surface area contributed by atoms with Crippen LogP contribution in [0.5, 0.6) is 0 Å². The molecule has 0 spiro atoms. The van der Waals surface area contributed by atoms with Gasteiger partial charge in [0.2, 0.25) is 0 Å². The number of aliphatic imine (C=N–C) groups is 1. The van der Waals surface area contributed by atoms with E-state index in [-0.39, 0.29) is 0 Å². The normalized spacial score (nSPS) is 12.1. The molecule has 0 radical (unpaired) electrons. The molecule has 0 saturated carbocycles. The number of aromatic amines is 1. The third kappa shape index (κ3) is 1.84. The maximum Gasteiger partial charge on any atom is 0.0899 e. The molecule has 0 bridgehead atoms. The Morgan fingerprint density at radius 2 is 2.25 bits per heavy atom. The second-order valence-electron chi connectivity index (χ2n) is 3.49. The molecule has 2 aromatic rings. The van der Waals surface area contributed by atoms with Crippen LogP contribution in [0.2, 0.25) is 0 Å². The van der Waals surface area contributed by atoms with Crippen molar-refractivity contribution in [1.82, 2.24) is 4.98 Å². The van der Waals surface area contributed by atoms with Gasteiger partial charge in [-0.1, -0.05) is 12.1 Å². The van der Waals surface area contributed by atoms with Gasteiger partial charge in [-0.15, -0.1) is 12.6 Å². The van der Waals surface area contributed by atoms with Crippen LogP contribution in [0, 0.1) is 6.92 Å². The number of benzene rings is 1. The van der Waals surface area contributed by atoms with Gasteiger partial charge in [0.15, 0.2) is 0 Å². The molecule has 0 saturated heterocycles. The maximum atomic E-state index is 5.26. The summed E-state index contributed by atoms with van der Waals surface area (Å²) >= 11 is 4.38. The van der Waals surface area contributed by atoms with E-state index in [0.717, 1.165) is 27.0 Å². The zero-order valence-electron chi connectivity index (χ0n) is 8.94. The van der Waals surface area contributed by atoms with Gasteiger partial charge in [-0.25, -0.2) is 0 Å². The Morgan fingerprint density at radius 1 is 1.44 bits per heavy atom. The van der Waals surface area contributed by atoms with E-state index in [9.17, 15) is 0 Å². The lowest BCUT2D eigenvalue weighted by atomic mass is 10.1. The van der Waals surface area contributed by atoms with E-state index < -0.39 is 0 Å². The maximum absolute atomic E-state index is 5.26. The van der Waals surface area contributed by atoms with Gasteiger partial charge in [-0.2, -0.15) is 0 Å². The summed E-state index contributed by atoms with van der Waals surface area (Å²) in [6.45, 7) is 2.03. The summed E-state index contributed by atoms with van der Waals surface area (Å²) in [7, 11) is 0. The van der Waals surface area contributed by atoms with Crippen molar-refractivity contribution in [2.75, 3.05) is 0 Å². The van der Waals surface area contributed by atoms with Crippen LogP contribution < -0.4 is 5.73 Å². The van der Waals surface area contributed by atoms with Gasteiger partial charge in [0, 0.05) is 22.7 Å². The number of nitrogens with zero attached hydrogens (tertiary/aromatic N) is 1. The van der Waals surface area contributed by atoms with Gasteiger partial charge < -0.3 is 10.7 Å². The number of nitrogens with two attached hydrogens (primary N) is 1. The molecule has 3 nitrogen and oxygen atoms in total. The van der Waals surface area contributed by atoms with Crippen molar-refractivity contribution in [3.8, 4) is 0 Å². The molecule has 0 aliphatic rings. The van der Waals surface area contributed by atoms with E-state index in [0.29, 0.717) is 0 Å². The molecule has 0 amide bonds. The molecule has 0 unspecified atom stereocenters. The Bertz CT molecular complexity index is 567. The zero-order valence-corrected chi connectivity index (χ0v) is 9.83. The van der Waals surface area contributed by atoms with E-state index in [1.54, 1.807) is 12.3 Å². The monoisotopic (exact) mass is 231 g/mol. The Kier molecular flexibility index (Phi) is 3.01. The van der Waals surface area contributed by atoms with Crippen LogP contribution in [0.4, 0.5) is 5.69 Å². The summed E-state index contributed by atoms with van der Waals surface area (Å²) < 4.78 is 0. The SMILES string of the molecule is Cc1ccc2c(S)c[nH]c2c1N=C/C=C\N. The number of aromatic nitrogens is 1. The molecule has 0 fully saturated rings. The number of allylic oxidation sites excluding steroid dienone is 1. The molecule has 0 aliphatic carbocycles. The van der Waals surface area contributed by atoms with Crippen molar-refractivity contribution in [1.29, 1.82) is 0 Å². The third-order valence-corrected chi connectivity index (χ3v) is 2.78. The Morgan fingerprint density at radius 3 is 3.00 bits per heavy atom. The number of H-pyrrole nitrogens is 1. The van der Waals surface area contributed by atoms with Gasteiger partial charge >= 0.3 is 0 Å². The first-order valence-corrected chi connectivity index (χ1v) is 5.39. The van der Waals surface area contributed by atoms with E-state index in [2.05, 4.69) is 22.6 Å². The fraction of sp³-hybridized carbons (Fsp3) is 0.0833. The Balaban J connectivity index is 2.61. The highest BCUT2D eigenvalue weighted by Crippen LogP contribution is 2.32. The van der Waals surface area contributed by atoms with Crippen molar-refractivity contribution >= 4 is 35.4 Å². The number of thiol groups is 1. The number of fused-ring (bicyclic) bond motifs is 1. The van der Waals surface area contributed by atoms with Gasteiger partial charge in [0.1, 0.15) is 0 Å². The fourth-order valence-corrected chi connectivity index (χ4v) is 1.86. The second-order valence-corrected chi connectivity index (χ2v) is 3.97. The Hall–Kier alpha value is -1.68. The molecule has 1 aromatic heterocycles. The summed E-state index contributed by atoms with van der Waals surface area (Å²) in [6.07, 6.45) is 6.70. The number of rotatable bonds is 2. The van der Waals surface area contributed by atoms with E-state index in [1.165, 1.54) is 6.20 Å². The number of aryl methyl sites for hydroxylation is 1. The average molecular weight is 231 g/mol. The highest BCUT2D eigenvalue weighted by molar-refractivity contribution is 7.80. The molecule has 16 heavy (non-hydrogen) atoms. The first kappa shape index (κ1) is 10.8. The van der Waals surface area contributed by atoms with Crippen molar-refractivity contribution < 1.29 is 0 Å². The molecular formula is C12H13N3S. The van der Waals surface area contributed by atoms with Crippen molar-refractivity contribution in [3.05, 3.63) is 36.2 Å². The first-order valence-electron chi connectivity index (χ1n) is 4.94. The predicted octanol–water partition coefficient (Wildman–Crippen LogP) is 2.94. The minimum atomic E-state index is 0.927. The molecule has 2 rings (SSSR count). The summed E-state index contributed by atoms with van der Waals surface area (Å²) in [5, 5.41) is 1.08. The van der Waals surface area contributed by atoms with Gasteiger partial charge in [0.05, 0.1) is 11.2 Å². The molecule has 82 valence electrons. The minimum absolute atomic E-state index is 0.927. The van der Waals surface area contributed by atoms with Crippen LogP contribution >= 0.6 is 12.6 Å². The lowest BCUT2D eigenvalue weighted by Crippen LogP contribution is -1.80. The molecular weight excluding hydrogens is 218 g/mol. The quantitative estimate of drug-likeness (QED) is 0.540. The minimum Gasteiger partial charge on any atom is -0.405 e. The van der Waals surface area contributed by atoms with Gasteiger partial charge in [-0.05, 0) is 24.8 Å². The molecule has 3 N–H and O–H groups in total. The highest BCUT2D eigenvalue weighted by atomic mass is 32.1. The topological polar surface area (TPSA) is 54.2 Å². The van der Waals surface area contributed by atoms with Crippen LogP contribution in [-0.2, 0) is 0 Å². The van der Waals surface area contributed by atoms with Crippen LogP contribution in [-0.4, -0.2) is 11.2 Å². The smallest absolute Gasteiger partial charge is 0.0899 e. The third-order valence-electron chi connectivity index (χ3n) is 2.41. The van der Waals surface area contributed by atoms with E-state index in [1.807, 2.05) is 25.3 Å². The molecule has 4 heteroatoms. The van der Waals surface area contributed by atoms with Crippen molar-refractivity contribution in [2.45, 2.75) is 11.8 Å². The fourth-order valence-electron chi connectivity index (χ4n) is 1.61. The van der Waals surface area contributed by atoms with Crippen LogP contribution in [0.3, 0.4) is 0 Å². The number of hydrogen-bond donors (Lipinski definition) is 3. The van der Waals surface area contributed by atoms with Crippen LogP contribution in [0.1, 0.15) is 5.56 Å². The molecule has 0 atom stereocenters. The standard InChI is InChI=1S/C12H13N3S/c1-8-3-4-9-10(16)7-15-12(9)11(8)14-6-2-5-13/h2-7,15-16H,13H2,1H3/b5-2-,14-6?. The van der Waals surface area contributed by atoms with Crippen molar-refractivity contribution in [3.63, 3.8) is 0 Å². The lowest BCUT2D eigenvalue weighted by molar-refractivity contribution is 1.38. The number of hydrogen-bond acceptors (Lipinski definition) is 3. The first-order chi connectivity index (χ1) is 7.74. The molecule has 0 aliphatic heterocycles. The van der Waals surface area contributed by atoms with E-state index in [4.69, 9.17) is 5.73 Å².